The summed E-state index contributed by atoms with van der Waals surface area (Å²) in [7, 11) is 2.08. The molecule has 6 aromatic rings. The van der Waals surface area contributed by atoms with Gasteiger partial charge in [-0.2, -0.15) is 0 Å². The molecule has 0 unspecified atom stereocenters. The highest BCUT2D eigenvalue weighted by Crippen LogP contribution is 2.31. The fraction of sp³-hybridized carbons (Fsp3) is 0.250. The van der Waals surface area contributed by atoms with Gasteiger partial charge in [0.25, 0.3) is 0 Å². The van der Waals surface area contributed by atoms with E-state index in [1.165, 1.54) is 5.56 Å². The minimum Gasteiger partial charge on any atom is -0.327 e. The summed E-state index contributed by atoms with van der Waals surface area (Å²) in [6.07, 6.45) is 1.94. The summed E-state index contributed by atoms with van der Waals surface area (Å²) >= 11 is 0. The third-order valence-electron chi connectivity index (χ3n) is 7.97. The molecule has 0 aliphatic heterocycles. The molecule has 0 bridgehead atoms. The molecule has 2 aromatic heterocycles. The second-order valence-corrected chi connectivity index (χ2v) is 11.3. The average Bonchev–Trinajstić information content (AvgIpc) is 3.50. The number of rotatable bonds is 8. The van der Waals surface area contributed by atoms with Crippen LogP contribution in [0.25, 0.3) is 44.6 Å². The quantitative estimate of drug-likeness (QED) is 0.182. The maximum absolute atomic E-state index is 12.9. The molecule has 6 rings (SSSR count). The molecule has 0 atom stereocenters. The predicted octanol–water partition coefficient (Wildman–Crippen LogP) is 8.40. The Hall–Kier alpha value is -4.51. The van der Waals surface area contributed by atoms with E-state index in [1.54, 1.807) is 0 Å². The van der Waals surface area contributed by atoms with Crippen LogP contribution in [0.2, 0.25) is 0 Å². The summed E-state index contributed by atoms with van der Waals surface area (Å²) in [5.74, 6) is 2.19. The lowest BCUT2D eigenvalue weighted by Crippen LogP contribution is -2.09. The van der Waals surface area contributed by atoms with Crippen LogP contribution in [0.5, 0.6) is 0 Å². The highest BCUT2D eigenvalue weighted by Gasteiger charge is 2.18. The van der Waals surface area contributed by atoms with Gasteiger partial charge in [-0.1, -0.05) is 81.4 Å². The molecule has 0 amide bonds. The van der Waals surface area contributed by atoms with E-state index in [0.717, 1.165) is 80.9 Å². The van der Waals surface area contributed by atoms with E-state index in [9.17, 15) is 4.79 Å². The van der Waals surface area contributed by atoms with Crippen LogP contribution >= 0.6 is 0 Å². The number of fused-ring (bicyclic) bond motifs is 2. The molecule has 0 aliphatic carbocycles. The van der Waals surface area contributed by atoms with E-state index in [-0.39, 0.29) is 11.7 Å². The van der Waals surface area contributed by atoms with Crippen LogP contribution in [0, 0.1) is 12.8 Å². The number of aromatic nitrogens is 4. The number of imidazole rings is 2. The topological polar surface area (TPSA) is 52.7 Å². The first-order valence-electron chi connectivity index (χ1n) is 14.5. The zero-order chi connectivity index (χ0) is 28.7. The minimum atomic E-state index is -0.0422. The van der Waals surface area contributed by atoms with Gasteiger partial charge in [-0.15, -0.1) is 0 Å². The number of para-hydroxylation sites is 2. The van der Waals surface area contributed by atoms with Crippen LogP contribution in [-0.2, 0) is 20.0 Å². The normalized spacial score (nSPS) is 11.7. The number of carbonyl (C=O) groups is 1. The van der Waals surface area contributed by atoms with Crippen LogP contribution in [0.3, 0.4) is 0 Å². The SMILES string of the molecule is CCCc1nc2c(C)cc(-c3nc4ccccc4n3C)cc2n1Cc1ccc(-c2ccccc2C(=O)C(C)C)cc1. The van der Waals surface area contributed by atoms with Gasteiger partial charge in [0.15, 0.2) is 5.78 Å². The molecule has 5 nitrogen and oxygen atoms in total. The van der Waals surface area contributed by atoms with Gasteiger partial charge < -0.3 is 9.13 Å². The van der Waals surface area contributed by atoms with Crippen LogP contribution < -0.4 is 0 Å². The molecule has 0 saturated heterocycles. The van der Waals surface area contributed by atoms with E-state index in [0.29, 0.717) is 0 Å². The number of nitrogens with zero attached hydrogens (tertiary/aromatic N) is 4. The van der Waals surface area contributed by atoms with Crippen LogP contribution in [-0.4, -0.2) is 24.9 Å². The Morgan fingerprint density at radius 1 is 0.854 bits per heavy atom. The highest BCUT2D eigenvalue weighted by atomic mass is 16.1. The molecule has 2 heterocycles. The molecule has 206 valence electrons. The van der Waals surface area contributed by atoms with Gasteiger partial charge >= 0.3 is 0 Å². The standard InChI is InChI=1S/C36H36N4O/c1-6-11-33-38-34-24(4)20-27(36-37-30-14-9-10-15-31(30)39(36)5)21-32(34)40(33)22-25-16-18-26(19-17-25)28-12-7-8-13-29(28)35(41)23(2)3/h7-10,12-21,23H,6,11,22H2,1-5H3. The van der Waals surface area contributed by atoms with E-state index in [1.807, 2.05) is 44.2 Å². The van der Waals surface area contributed by atoms with E-state index < -0.39 is 0 Å². The van der Waals surface area contributed by atoms with Gasteiger partial charge in [0.2, 0.25) is 0 Å². The maximum atomic E-state index is 12.9. The smallest absolute Gasteiger partial charge is 0.166 e. The van der Waals surface area contributed by atoms with Crippen molar-refractivity contribution in [1.82, 2.24) is 19.1 Å². The summed E-state index contributed by atoms with van der Waals surface area (Å²) < 4.78 is 4.54. The van der Waals surface area contributed by atoms with Gasteiger partial charge in [0.1, 0.15) is 11.6 Å². The minimum absolute atomic E-state index is 0.0422. The van der Waals surface area contributed by atoms with Crippen molar-refractivity contribution in [3.8, 4) is 22.5 Å². The number of ketones is 1. The second kappa shape index (κ2) is 10.8. The molecule has 0 aliphatic rings. The van der Waals surface area contributed by atoms with Crippen molar-refractivity contribution < 1.29 is 4.79 Å². The lowest BCUT2D eigenvalue weighted by Gasteiger charge is -2.13. The number of benzene rings is 4. The summed E-state index contributed by atoms with van der Waals surface area (Å²) in [5, 5.41) is 0. The number of hydrogen-bond donors (Lipinski definition) is 0. The van der Waals surface area contributed by atoms with Crippen LogP contribution in [0.4, 0.5) is 0 Å². The molecule has 0 saturated carbocycles. The predicted molar refractivity (Wildman–Crippen MR) is 168 cm³/mol. The average molecular weight is 541 g/mol. The molecular weight excluding hydrogens is 504 g/mol. The van der Waals surface area contributed by atoms with Crippen LogP contribution in [0.15, 0.2) is 84.9 Å². The van der Waals surface area contributed by atoms with E-state index in [2.05, 4.69) is 84.6 Å². The maximum Gasteiger partial charge on any atom is 0.166 e. The molecule has 41 heavy (non-hydrogen) atoms. The van der Waals surface area contributed by atoms with Gasteiger partial charge in [0.05, 0.1) is 22.1 Å². The van der Waals surface area contributed by atoms with Gasteiger partial charge in [0, 0.05) is 37.1 Å². The summed E-state index contributed by atoms with van der Waals surface area (Å²) in [6.45, 7) is 8.98. The summed E-state index contributed by atoms with van der Waals surface area (Å²) in [5.41, 5.74) is 10.6. The van der Waals surface area contributed by atoms with Crippen molar-refractivity contribution in [1.29, 1.82) is 0 Å². The van der Waals surface area contributed by atoms with Gasteiger partial charge in [-0.25, -0.2) is 9.97 Å². The van der Waals surface area contributed by atoms with Crippen molar-refractivity contribution in [2.45, 2.75) is 47.1 Å². The Morgan fingerprint density at radius 2 is 1.59 bits per heavy atom. The number of aryl methyl sites for hydroxylation is 3. The van der Waals surface area contributed by atoms with Crippen molar-refractivity contribution in [2.75, 3.05) is 0 Å². The number of hydrogen-bond acceptors (Lipinski definition) is 3. The Balaban J connectivity index is 1.40. The third kappa shape index (κ3) is 4.86. The first kappa shape index (κ1) is 26.7. The molecule has 5 heteroatoms. The fourth-order valence-corrected chi connectivity index (χ4v) is 5.80. The van der Waals surface area contributed by atoms with Gasteiger partial charge in [-0.3, -0.25) is 4.79 Å². The van der Waals surface area contributed by atoms with Crippen molar-refractivity contribution in [3.63, 3.8) is 0 Å². The number of carbonyl (C=O) groups excluding carboxylic acids is 1. The van der Waals surface area contributed by atoms with Crippen LogP contribution in [0.1, 0.15) is 54.5 Å². The molecular formula is C36H36N4O. The monoisotopic (exact) mass is 540 g/mol. The van der Waals surface area contributed by atoms with Crippen molar-refractivity contribution in [2.24, 2.45) is 13.0 Å². The molecule has 0 fully saturated rings. The lowest BCUT2D eigenvalue weighted by molar-refractivity contribution is 0.0940. The third-order valence-corrected chi connectivity index (χ3v) is 7.97. The molecule has 0 spiro atoms. The molecule has 0 radical (unpaired) electrons. The molecule has 0 N–H and O–H groups in total. The fourth-order valence-electron chi connectivity index (χ4n) is 5.80. The van der Waals surface area contributed by atoms with E-state index in [4.69, 9.17) is 9.97 Å². The first-order valence-corrected chi connectivity index (χ1v) is 14.5. The van der Waals surface area contributed by atoms with Gasteiger partial charge in [-0.05, 0) is 59.9 Å². The zero-order valence-electron chi connectivity index (χ0n) is 24.5. The zero-order valence-corrected chi connectivity index (χ0v) is 24.5. The van der Waals surface area contributed by atoms with Crippen molar-refractivity contribution >= 4 is 27.9 Å². The van der Waals surface area contributed by atoms with E-state index >= 15 is 0 Å². The second-order valence-electron chi connectivity index (χ2n) is 11.3. The first-order chi connectivity index (χ1) is 19.9. The largest absolute Gasteiger partial charge is 0.327 e. The summed E-state index contributed by atoms with van der Waals surface area (Å²) in [4.78, 5) is 22.9. The lowest BCUT2D eigenvalue weighted by atomic mass is 9.92. The highest BCUT2D eigenvalue weighted by molar-refractivity contribution is 6.03. The van der Waals surface area contributed by atoms with Crippen molar-refractivity contribution in [3.05, 3.63) is 107 Å². The number of Topliss-reactive ketones (excluding diaryl/α,β-unsaturated/α-hetero) is 1. The Labute approximate surface area is 241 Å². The Bertz CT molecular complexity index is 1890. The Kier molecular flexibility index (Phi) is 7.04. The molecule has 4 aromatic carbocycles. The summed E-state index contributed by atoms with van der Waals surface area (Å²) in [6, 6.07) is 29.3. The Morgan fingerprint density at radius 3 is 2.32 bits per heavy atom.